The molecule has 3 N–H and O–H groups in total. The van der Waals surface area contributed by atoms with Crippen LogP contribution in [0.15, 0.2) is 54.6 Å². The van der Waals surface area contributed by atoms with Gasteiger partial charge in [0.15, 0.2) is 12.6 Å². The van der Waals surface area contributed by atoms with E-state index in [0.717, 1.165) is 11.3 Å². The fourth-order valence-electron chi connectivity index (χ4n) is 2.97. The van der Waals surface area contributed by atoms with Gasteiger partial charge in [-0.1, -0.05) is 48.9 Å². The predicted molar refractivity (Wildman–Crippen MR) is 114 cm³/mol. The number of halogens is 1. The van der Waals surface area contributed by atoms with Gasteiger partial charge >= 0.3 is 0 Å². The molecule has 0 radical (unpaired) electrons. The van der Waals surface area contributed by atoms with E-state index in [1.165, 1.54) is 5.56 Å². The van der Waals surface area contributed by atoms with Crippen molar-refractivity contribution in [3.05, 3.63) is 65.2 Å². The molecule has 0 aliphatic carbocycles. The summed E-state index contributed by atoms with van der Waals surface area (Å²) in [6.07, 6.45) is 0.949. The molecule has 2 amide bonds. The van der Waals surface area contributed by atoms with Crippen molar-refractivity contribution in [1.29, 1.82) is 0 Å². The maximum Gasteiger partial charge on any atom is 0.279 e. The van der Waals surface area contributed by atoms with E-state index in [1.54, 1.807) is 24.3 Å². The zero-order valence-electron chi connectivity index (χ0n) is 16.7. The van der Waals surface area contributed by atoms with E-state index in [2.05, 4.69) is 29.7 Å². The summed E-state index contributed by atoms with van der Waals surface area (Å²) in [7, 11) is 1.85. The molecule has 2 rings (SSSR count). The van der Waals surface area contributed by atoms with Crippen molar-refractivity contribution < 1.29 is 14.5 Å². The monoisotopic (exact) mass is 402 g/mol. The van der Waals surface area contributed by atoms with Crippen LogP contribution in [0, 0.1) is 0 Å². The van der Waals surface area contributed by atoms with Gasteiger partial charge in [-0.2, -0.15) is 0 Å². The summed E-state index contributed by atoms with van der Waals surface area (Å²) in [5.74, 6) is 0.0900. The molecular weight excluding hydrogens is 374 g/mol. The Hall–Kier alpha value is -2.37. The Morgan fingerprint density at radius 3 is 2.32 bits per heavy atom. The molecule has 2 aromatic carbocycles. The van der Waals surface area contributed by atoms with Gasteiger partial charge in [0.25, 0.3) is 11.8 Å². The molecule has 0 bridgehead atoms. The van der Waals surface area contributed by atoms with Crippen molar-refractivity contribution in [2.75, 3.05) is 25.5 Å². The van der Waals surface area contributed by atoms with Crippen molar-refractivity contribution in [3.63, 3.8) is 0 Å². The number of likely N-dealkylation sites (N-methyl/N-ethyl adjacent to an activating group) is 1. The molecule has 0 spiro atoms. The van der Waals surface area contributed by atoms with Crippen molar-refractivity contribution in [2.45, 2.75) is 32.2 Å². The van der Waals surface area contributed by atoms with Gasteiger partial charge in [0.2, 0.25) is 0 Å². The first-order chi connectivity index (χ1) is 13.4. The maximum atomic E-state index is 12.5. The molecule has 0 aromatic heterocycles. The zero-order valence-corrected chi connectivity index (χ0v) is 17.4. The zero-order chi connectivity index (χ0) is 20.5. The van der Waals surface area contributed by atoms with Crippen molar-refractivity contribution >= 4 is 29.1 Å². The van der Waals surface area contributed by atoms with Crippen LogP contribution in [0.2, 0.25) is 5.02 Å². The highest BCUT2D eigenvalue weighted by Crippen LogP contribution is 2.17. The first-order valence-corrected chi connectivity index (χ1v) is 9.98. The average molecular weight is 403 g/mol. The van der Waals surface area contributed by atoms with Crippen LogP contribution < -0.4 is 15.5 Å². The van der Waals surface area contributed by atoms with Crippen LogP contribution in [0.4, 0.5) is 5.69 Å². The molecule has 0 fully saturated rings. The van der Waals surface area contributed by atoms with Gasteiger partial charge in [-0.25, -0.2) is 0 Å². The first-order valence-electron chi connectivity index (χ1n) is 9.61. The van der Waals surface area contributed by atoms with Gasteiger partial charge in [-0.3, -0.25) is 9.59 Å². The molecule has 28 heavy (non-hydrogen) atoms. The summed E-state index contributed by atoms with van der Waals surface area (Å²) in [5.41, 5.74) is 1.91. The Balaban J connectivity index is 1.82. The summed E-state index contributed by atoms with van der Waals surface area (Å²) in [4.78, 5) is 25.6. The summed E-state index contributed by atoms with van der Waals surface area (Å²) in [6, 6.07) is 16.8. The number of hydrogen-bond acceptors (Lipinski definition) is 2. The van der Waals surface area contributed by atoms with Crippen LogP contribution in [0.3, 0.4) is 0 Å². The highest BCUT2D eigenvalue weighted by atomic mass is 35.5. The van der Waals surface area contributed by atoms with Crippen LogP contribution in [-0.2, 0) is 9.59 Å². The fourth-order valence-corrected chi connectivity index (χ4v) is 3.09. The Bertz CT molecular complexity index is 765. The third-order valence-corrected chi connectivity index (χ3v) is 5.24. The molecule has 6 heteroatoms. The lowest BCUT2D eigenvalue weighted by molar-refractivity contribution is -0.885. The third-order valence-electron chi connectivity index (χ3n) is 4.99. The summed E-state index contributed by atoms with van der Waals surface area (Å²) >= 11 is 5.85. The SMILES string of the molecule is CC[C@@H](CNC(=O)[C@@H](C)[NH+](C)CC(=O)Nc1ccc(Cl)cc1)c1ccccc1. The minimum atomic E-state index is -0.329. The molecule has 1 unspecified atom stereocenters. The van der Waals surface area contributed by atoms with Gasteiger partial charge in [-0.05, 0) is 43.2 Å². The van der Waals surface area contributed by atoms with Gasteiger partial charge < -0.3 is 15.5 Å². The number of rotatable bonds is 9. The first kappa shape index (κ1) is 21.9. The number of hydrogen-bond donors (Lipinski definition) is 3. The van der Waals surface area contributed by atoms with Gasteiger partial charge in [0.05, 0.1) is 7.05 Å². The van der Waals surface area contributed by atoms with E-state index in [0.29, 0.717) is 17.3 Å². The van der Waals surface area contributed by atoms with E-state index in [1.807, 2.05) is 32.2 Å². The summed E-state index contributed by atoms with van der Waals surface area (Å²) in [6.45, 7) is 4.75. The minimum absolute atomic E-state index is 0.0498. The summed E-state index contributed by atoms with van der Waals surface area (Å²) < 4.78 is 0. The highest BCUT2D eigenvalue weighted by molar-refractivity contribution is 6.30. The van der Waals surface area contributed by atoms with Crippen molar-refractivity contribution in [3.8, 4) is 0 Å². The molecule has 0 saturated heterocycles. The smallest absolute Gasteiger partial charge is 0.279 e. The normalized spacial score (nSPS) is 14.0. The second-order valence-corrected chi connectivity index (χ2v) is 7.50. The third kappa shape index (κ3) is 6.66. The van der Waals surface area contributed by atoms with Crippen molar-refractivity contribution in [1.82, 2.24) is 5.32 Å². The van der Waals surface area contributed by atoms with Crippen LogP contribution in [0.5, 0.6) is 0 Å². The van der Waals surface area contributed by atoms with Crippen molar-refractivity contribution in [2.24, 2.45) is 0 Å². The number of quaternary nitrogens is 1. The number of carbonyl (C=O) groups is 2. The van der Waals surface area contributed by atoms with Crippen LogP contribution in [0.25, 0.3) is 0 Å². The Labute approximate surface area is 172 Å². The van der Waals surface area contributed by atoms with E-state index in [-0.39, 0.29) is 30.3 Å². The molecule has 5 nitrogen and oxygen atoms in total. The summed E-state index contributed by atoms with van der Waals surface area (Å²) in [5, 5.41) is 6.48. The molecule has 150 valence electrons. The fraction of sp³-hybridized carbons (Fsp3) is 0.364. The highest BCUT2D eigenvalue weighted by Gasteiger charge is 2.24. The lowest BCUT2D eigenvalue weighted by Crippen LogP contribution is -3.15. The molecule has 2 aromatic rings. The van der Waals surface area contributed by atoms with Gasteiger partial charge in [0.1, 0.15) is 0 Å². The Morgan fingerprint density at radius 2 is 1.71 bits per heavy atom. The number of nitrogens with one attached hydrogen (secondary N) is 3. The second-order valence-electron chi connectivity index (χ2n) is 7.06. The van der Waals surface area contributed by atoms with Gasteiger partial charge in [0, 0.05) is 23.2 Å². The molecule has 0 aliphatic heterocycles. The Kier molecular flexibility index (Phi) is 8.48. The van der Waals surface area contributed by atoms with E-state index in [9.17, 15) is 9.59 Å². The topological polar surface area (TPSA) is 62.6 Å². The number of anilines is 1. The van der Waals surface area contributed by atoms with Crippen LogP contribution in [-0.4, -0.2) is 38.0 Å². The predicted octanol–water partition coefficient (Wildman–Crippen LogP) is 2.49. The lowest BCUT2D eigenvalue weighted by atomic mass is 9.96. The number of amides is 2. The molecule has 0 saturated carbocycles. The van der Waals surface area contributed by atoms with Crippen LogP contribution in [0.1, 0.15) is 31.7 Å². The molecule has 0 aliphatic rings. The van der Waals surface area contributed by atoms with E-state index < -0.39 is 0 Å². The minimum Gasteiger partial charge on any atom is -0.350 e. The lowest BCUT2D eigenvalue weighted by Gasteiger charge is -2.22. The van der Waals surface area contributed by atoms with Gasteiger partial charge in [-0.15, -0.1) is 0 Å². The largest absolute Gasteiger partial charge is 0.350 e. The second kappa shape index (κ2) is 10.8. The number of carbonyl (C=O) groups excluding carboxylic acids is 2. The standard InChI is InChI=1S/C22H28ClN3O2/c1-4-17(18-8-6-5-7-9-18)14-24-22(28)16(2)26(3)15-21(27)25-20-12-10-19(23)11-13-20/h5-13,16-17H,4,14-15H2,1-3H3,(H,24,28)(H,25,27)/p+1/t16-,17+/m1/s1. The molecule has 3 atom stereocenters. The van der Waals surface area contributed by atoms with E-state index in [4.69, 9.17) is 11.6 Å². The Morgan fingerprint density at radius 1 is 1.07 bits per heavy atom. The van der Waals surface area contributed by atoms with Crippen LogP contribution >= 0.6 is 11.6 Å². The molecule has 0 heterocycles. The average Bonchev–Trinajstić information content (AvgIpc) is 2.70. The quantitative estimate of drug-likeness (QED) is 0.603. The number of benzene rings is 2. The maximum absolute atomic E-state index is 12.5. The molecular formula is C22H29ClN3O2+. The van der Waals surface area contributed by atoms with E-state index >= 15 is 0 Å².